The molecule has 0 aliphatic rings. The summed E-state index contributed by atoms with van der Waals surface area (Å²) in [7, 11) is 2.17. The van der Waals surface area contributed by atoms with Gasteiger partial charge in [0.1, 0.15) is 7.05 Å². The minimum atomic E-state index is 0.542. The van der Waals surface area contributed by atoms with E-state index in [-0.39, 0.29) is 0 Å². The third-order valence-electron chi connectivity index (χ3n) is 4.63. The average molecular weight is 290 g/mol. The van der Waals surface area contributed by atoms with E-state index in [1.165, 1.54) is 38.9 Å². The van der Waals surface area contributed by atoms with Gasteiger partial charge in [-0.1, -0.05) is 44.2 Å². The van der Waals surface area contributed by atoms with Gasteiger partial charge in [0.25, 0.3) is 0 Å². The lowest BCUT2D eigenvalue weighted by atomic mass is 9.94. The Hall–Kier alpha value is -2.15. The molecule has 0 saturated heterocycles. The van der Waals surface area contributed by atoms with E-state index in [0.29, 0.717) is 5.92 Å². The number of pyridine rings is 1. The summed E-state index contributed by atoms with van der Waals surface area (Å²) in [4.78, 5) is 0. The van der Waals surface area contributed by atoms with Crippen molar-refractivity contribution in [3.63, 3.8) is 0 Å². The summed E-state index contributed by atoms with van der Waals surface area (Å²) in [5, 5.41) is 2.66. The molecule has 0 bridgehead atoms. The standard InChI is InChI=1S/C21H24N/c1-14(2)17-10-11-18-12-16(4)22(5)21(20(18)13-17)19-9-7-6-8-15(19)3/h6-14H,1-5H3/q+1. The van der Waals surface area contributed by atoms with Crippen LogP contribution in [0.4, 0.5) is 0 Å². The number of aromatic nitrogens is 1. The largest absolute Gasteiger partial charge is 0.220 e. The van der Waals surface area contributed by atoms with E-state index in [2.05, 4.69) is 87.8 Å². The fourth-order valence-electron chi connectivity index (χ4n) is 3.11. The van der Waals surface area contributed by atoms with Crippen molar-refractivity contribution in [1.29, 1.82) is 0 Å². The third-order valence-corrected chi connectivity index (χ3v) is 4.63. The second-order valence-electron chi connectivity index (χ2n) is 6.51. The van der Waals surface area contributed by atoms with Crippen LogP contribution in [0.15, 0.2) is 48.5 Å². The molecular formula is C21H24N+. The van der Waals surface area contributed by atoms with Crippen LogP contribution in [0.1, 0.15) is 36.6 Å². The Balaban J connectivity index is 2.42. The van der Waals surface area contributed by atoms with Crippen molar-refractivity contribution >= 4 is 10.8 Å². The topological polar surface area (TPSA) is 3.88 Å². The van der Waals surface area contributed by atoms with Crippen LogP contribution in [0.5, 0.6) is 0 Å². The number of hydrogen-bond donors (Lipinski definition) is 0. The molecule has 0 radical (unpaired) electrons. The number of nitrogens with zero attached hydrogens (tertiary/aromatic N) is 1. The van der Waals surface area contributed by atoms with Gasteiger partial charge >= 0.3 is 0 Å². The maximum atomic E-state index is 2.36. The highest BCUT2D eigenvalue weighted by Crippen LogP contribution is 2.30. The SMILES string of the molecule is Cc1ccccc1-c1c2cc(C(C)C)ccc2cc(C)[n+]1C. The molecule has 22 heavy (non-hydrogen) atoms. The Morgan fingerprint density at radius 3 is 2.32 bits per heavy atom. The van der Waals surface area contributed by atoms with E-state index < -0.39 is 0 Å². The van der Waals surface area contributed by atoms with Crippen molar-refractivity contribution in [3.05, 3.63) is 65.4 Å². The summed E-state index contributed by atoms with van der Waals surface area (Å²) in [5.74, 6) is 0.542. The maximum absolute atomic E-state index is 2.36. The van der Waals surface area contributed by atoms with E-state index >= 15 is 0 Å². The fraction of sp³-hybridized carbons (Fsp3) is 0.286. The zero-order valence-corrected chi connectivity index (χ0v) is 14.1. The normalized spacial score (nSPS) is 11.4. The lowest BCUT2D eigenvalue weighted by Gasteiger charge is -2.12. The molecule has 3 rings (SSSR count). The van der Waals surface area contributed by atoms with Crippen LogP contribution in [-0.2, 0) is 7.05 Å². The van der Waals surface area contributed by atoms with Crippen LogP contribution in [0.2, 0.25) is 0 Å². The van der Waals surface area contributed by atoms with Gasteiger partial charge in [0.2, 0.25) is 5.69 Å². The van der Waals surface area contributed by atoms with E-state index in [4.69, 9.17) is 0 Å². The molecule has 0 N–H and O–H groups in total. The number of aryl methyl sites for hydroxylation is 2. The quantitative estimate of drug-likeness (QED) is 0.580. The smallest absolute Gasteiger partial charge is 0.198 e. The second kappa shape index (κ2) is 5.57. The lowest BCUT2D eigenvalue weighted by Crippen LogP contribution is -2.35. The van der Waals surface area contributed by atoms with Gasteiger partial charge in [-0.05, 0) is 41.5 Å². The number of hydrogen-bond acceptors (Lipinski definition) is 0. The minimum absolute atomic E-state index is 0.542. The van der Waals surface area contributed by atoms with Gasteiger partial charge in [0, 0.05) is 18.6 Å². The zero-order chi connectivity index (χ0) is 15.9. The molecule has 0 atom stereocenters. The van der Waals surface area contributed by atoms with Gasteiger partial charge < -0.3 is 0 Å². The molecule has 0 aliphatic heterocycles. The molecule has 0 saturated carbocycles. The first-order valence-electron chi connectivity index (χ1n) is 7.98. The predicted octanol–water partition coefficient (Wildman–Crippen LogP) is 5.07. The van der Waals surface area contributed by atoms with Gasteiger partial charge in [-0.2, -0.15) is 4.57 Å². The van der Waals surface area contributed by atoms with Crippen molar-refractivity contribution in [2.24, 2.45) is 7.05 Å². The first-order chi connectivity index (χ1) is 10.5. The van der Waals surface area contributed by atoms with E-state index in [0.717, 1.165) is 0 Å². The minimum Gasteiger partial charge on any atom is -0.198 e. The lowest BCUT2D eigenvalue weighted by molar-refractivity contribution is -0.665. The highest BCUT2D eigenvalue weighted by molar-refractivity contribution is 5.94. The molecule has 0 spiro atoms. The Labute approximate surface area is 133 Å². The van der Waals surface area contributed by atoms with Crippen molar-refractivity contribution < 1.29 is 4.57 Å². The molecule has 0 unspecified atom stereocenters. The Morgan fingerprint density at radius 1 is 0.909 bits per heavy atom. The summed E-state index contributed by atoms with van der Waals surface area (Å²) < 4.78 is 2.31. The maximum Gasteiger partial charge on any atom is 0.220 e. The van der Waals surface area contributed by atoms with Crippen LogP contribution < -0.4 is 4.57 Å². The van der Waals surface area contributed by atoms with Crippen LogP contribution in [0.3, 0.4) is 0 Å². The Kier molecular flexibility index (Phi) is 3.74. The molecular weight excluding hydrogens is 266 g/mol. The second-order valence-corrected chi connectivity index (χ2v) is 6.51. The summed E-state index contributed by atoms with van der Waals surface area (Å²) >= 11 is 0. The van der Waals surface area contributed by atoms with E-state index in [1.54, 1.807) is 0 Å². The molecule has 112 valence electrons. The highest BCUT2D eigenvalue weighted by Gasteiger charge is 2.19. The summed E-state index contributed by atoms with van der Waals surface area (Å²) in [6, 6.07) is 17.8. The monoisotopic (exact) mass is 290 g/mol. The van der Waals surface area contributed by atoms with Crippen molar-refractivity contribution in [2.75, 3.05) is 0 Å². The van der Waals surface area contributed by atoms with Gasteiger partial charge in [-0.15, -0.1) is 0 Å². The molecule has 0 aliphatic carbocycles. The van der Waals surface area contributed by atoms with Gasteiger partial charge in [0.05, 0.1) is 5.39 Å². The van der Waals surface area contributed by atoms with Crippen LogP contribution in [0.25, 0.3) is 22.0 Å². The van der Waals surface area contributed by atoms with Gasteiger partial charge in [-0.3, -0.25) is 0 Å². The molecule has 3 aromatic rings. The van der Waals surface area contributed by atoms with Crippen LogP contribution in [-0.4, -0.2) is 0 Å². The average Bonchev–Trinajstić information content (AvgIpc) is 2.49. The first kappa shape index (κ1) is 14.8. The first-order valence-corrected chi connectivity index (χ1v) is 7.98. The molecule has 1 nitrogen and oxygen atoms in total. The zero-order valence-electron chi connectivity index (χ0n) is 14.1. The Morgan fingerprint density at radius 2 is 1.64 bits per heavy atom. The van der Waals surface area contributed by atoms with Gasteiger partial charge in [-0.25, -0.2) is 0 Å². The van der Waals surface area contributed by atoms with Crippen molar-refractivity contribution in [1.82, 2.24) is 0 Å². The van der Waals surface area contributed by atoms with Gasteiger partial charge in [0.15, 0.2) is 5.69 Å². The molecule has 1 aromatic heterocycles. The van der Waals surface area contributed by atoms with Crippen molar-refractivity contribution in [3.8, 4) is 11.3 Å². The van der Waals surface area contributed by atoms with E-state index in [9.17, 15) is 0 Å². The molecule has 1 heteroatoms. The predicted molar refractivity (Wildman–Crippen MR) is 94.1 cm³/mol. The molecule has 0 amide bonds. The van der Waals surface area contributed by atoms with Crippen LogP contribution in [0, 0.1) is 13.8 Å². The summed E-state index contributed by atoms with van der Waals surface area (Å²) in [5.41, 5.74) is 6.63. The Bertz CT molecular complexity index is 844. The third kappa shape index (κ3) is 2.41. The summed E-state index contributed by atoms with van der Waals surface area (Å²) in [6.07, 6.45) is 0. The van der Waals surface area contributed by atoms with E-state index in [1.807, 2.05) is 0 Å². The molecule has 0 fully saturated rings. The number of benzene rings is 2. The highest BCUT2D eigenvalue weighted by atomic mass is 14.9. The number of rotatable bonds is 2. The fourth-order valence-corrected chi connectivity index (χ4v) is 3.11. The number of fused-ring (bicyclic) bond motifs is 1. The van der Waals surface area contributed by atoms with Crippen LogP contribution >= 0.6 is 0 Å². The summed E-state index contributed by atoms with van der Waals surface area (Å²) in [6.45, 7) is 8.87. The molecule has 1 heterocycles. The van der Waals surface area contributed by atoms with Crippen molar-refractivity contribution in [2.45, 2.75) is 33.6 Å². The molecule has 2 aromatic carbocycles.